The molecule has 0 aliphatic carbocycles. The topological polar surface area (TPSA) is 38.3 Å². The zero-order valence-corrected chi connectivity index (χ0v) is 8.93. The van der Waals surface area contributed by atoms with Crippen LogP contribution >= 0.6 is 0 Å². The van der Waals surface area contributed by atoms with Gasteiger partial charge in [0.05, 0.1) is 6.10 Å². The molecule has 0 fully saturated rings. The second-order valence-corrected chi connectivity index (χ2v) is 3.31. The molecule has 0 aromatic carbocycles. The van der Waals surface area contributed by atoms with Crippen LogP contribution in [0.2, 0.25) is 0 Å². The molecule has 0 aromatic rings. The van der Waals surface area contributed by atoms with E-state index in [-0.39, 0.29) is 12.0 Å². The lowest BCUT2D eigenvalue weighted by atomic mass is 10.2. The Hall–Kier alpha value is -0.570. The lowest BCUT2D eigenvalue weighted by Crippen LogP contribution is -2.31. The van der Waals surface area contributed by atoms with Crippen LogP contribution in [0, 0.1) is 0 Å². The van der Waals surface area contributed by atoms with Crippen molar-refractivity contribution in [1.82, 2.24) is 5.32 Å². The van der Waals surface area contributed by atoms with Gasteiger partial charge in [-0.3, -0.25) is 4.79 Å². The number of rotatable bonds is 7. The van der Waals surface area contributed by atoms with E-state index in [4.69, 9.17) is 4.74 Å². The fourth-order valence-electron chi connectivity index (χ4n) is 0.965. The van der Waals surface area contributed by atoms with Gasteiger partial charge in [-0.05, 0) is 13.3 Å². The summed E-state index contributed by atoms with van der Waals surface area (Å²) >= 11 is 0. The van der Waals surface area contributed by atoms with Gasteiger partial charge in [0.1, 0.15) is 0 Å². The minimum atomic E-state index is 0.107. The summed E-state index contributed by atoms with van der Waals surface area (Å²) in [6, 6.07) is 0. The second kappa shape index (κ2) is 8.05. The maximum atomic E-state index is 11.2. The van der Waals surface area contributed by atoms with Gasteiger partial charge in [0.2, 0.25) is 5.91 Å². The number of hydrogen-bond donors (Lipinski definition) is 1. The largest absolute Gasteiger partial charge is 0.380 e. The first-order valence-electron chi connectivity index (χ1n) is 5.00. The highest BCUT2D eigenvalue weighted by Crippen LogP contribution is 1.98. The molecule has 13 heavy (non-hydrogen) atoms. The van der Waals surface area contributed by atoms with Crippen molar-refractivity contribution in [2.75, 3.05) is 13.7 Å². The van der Waals surface area contributed by atoms with E-state index in [0.29, 0.717) is 13.0 Å². The van der Waals surface area contributed by atoms with Gasteiger partial charge in [-0.1, -0.05) is 19.8 Å². The van der Waals surface area contributed by atoms with Crippen LogP contribution in [0.1, 0.15) is 39.5 Å². The summed E-state index contributed by atoms with van der Waals surface area (Å²) in [6.07, 6.45) is 4.03. The van der Waals surface area contributed by atoms with Crippen molar-refractivity contribution >= 4 is 5.91 Å². The number of carbonyl (C=O) groups excluding carboxylic acids is 1. The first-order valence-corrected chi connectivity index (χ1v) is 5.00. The second-order valence-electron chi connectivity index (χ2n) is 3.31. The predicted octanol–water partition coefficient (Wildman–Crippen LogP) is 1.72. The van der Waals surface area contributed by atoms with Crippen LogP contribution in [-0.2, 0) is 9.53 Å². The van der Waals surface area contributed by atoms with Gasteiger partial charge >= 0.3 is 0 Å². The molecule has 0 aliphatic rings. The third-order valence-electron chi connectivity index (χ3n) is 2.00. The van der Waals surface area contributed by atoms with E-state index in [9.17, 15) is 4.79 Å². The number of carbonyl (C=O) groups is 1. The summed E-state index contributed by atoms with van der Waals surface area (Å²) < 4.78 is 5.01. The SMILES string of the molecule is CCCCCC(=O)NCC(C)OC. The van der Waals surface area contributed by atoms with Crippen LogP contribution < -0.4 is 5.32 Å². The smallest absolute Gasteiger partial charge is 0.220 e. The number of methoxy groups -OCH3 is 1. The molecule has 0 spiro atoms. The quantitative estimate of drug-likeness (QED) is 0.616. The molecule has 0 saturated heterocycles. The third-order valence-corrected chi connectivity index (χ3v) is 2.00. The van der Waals surface area contributed by atoms with E-state index in [1.54, 1.807) is 7.11 Å². The fraction of sp³-hybridized carbons (Fsp3) is 0.900. The van der Waals surface area contributed by atoms with Crippen LogP contribution in [0.3, 0.4) is 0 Å². The summed E-state index contributed by atoms with van der Waals surface area (Å²) in [7, 11) is 1.65. The van der Waals surface area contributed by atoms with E-state index in [2.05, 4.69) is 12.2 Å². The van der Waals surface area contributed by atoms with Crippen LogP contribution in [-0.4, -0.2) is 25.7 Å². The molecule has 0 radical (unpaired) electrons. The molecule has 3 heteroatoms. The Morgan fingerprint density at radius 1 is 1.46 bits per heavy atom. The molecule has 1 atom stereocenters. The highest BCUT2D eigenvalue weighted by molar-refractivity contribution is 5.75. The van der Waals surface area contributed by atoms with Gasteiger partial charge in [-0.2, -0.15) is 0 Å². The van der Waals surface area contributed by atoms with Gasteiger partial charge in [0.15, 0.2) is 0 Å². The van der Waals surface area contributed by atoms with Crippen molar-refractivity contribution in [2.45, 2.75) is 45.6 Å². The number of hydrogen-bond acceptors (Lipinski definition) is 2. The molecule has 3 nitrogen and oxygen atoms in total. The number of ether oxygens (including phenoxy) is 1. The van der Waals surface area contributed by atoms with Crippen molar-refractivity contribution < 1.29 is 9.53 Å². The average Bonchev–Trinajstić information content (AvgIpc) is 2.14. The zero-order chi connectivity index (χ0) is 10.1. The fourth-order valence-corrected chi connectivity index (χ4v) is 0.965. The van der Waals surface area contributed by atoms with E-state index >= 15 is 0 Å². The van der Waals surface area contributed by atoms with Crippen molar-refractivity contribution in [3.8, 4) is 0 Å². The van der Waals surface area contributed by atoms with Crippen molar-refractivity contribution in [1.29, 1.82) is 0 Å². The van der Waals surface area contributed by atoms with Crippen molar-refractivity contribution in [2.24, 2.45) is 0 Å². The average molecular weight is 187 g/mol. The Morgan fingerprint density at radius 3 is 2.69 bits per heavy atom. The van der Waals surface area contributed by atoms with Crippen LogP contribution in [0.25, 0.3) is 0 Å². The number of amides is 1. The first-order chi connectivity index (χ1) is 6.20. The van der Waals surface area contributed by atoms with Gasteiger partial charge in [-0.15, -0.1) is 0 Å². The van der Waals surface area contributed by atoms with E-state index in [0.717, 1.165) is 19.3 Å². The summed E-state index contributed by atoms with van der Waals surface area (Å²) in [6.45, 7) is 4.68. The van der Waals surface area contributed by atoms with Crippen molar-refractivity contribution in [3.05, 3.63) is 0 Å². The molecule has 0 saturated carbocycles. The molecule has 1 amide bonds. The van der Waals surface area contributed by atoms with Crippen molar-refractivity contribution in [3.63, 3.8) is 0 Å². The summed E-state index contributed by atoms with van der Waals surface area (Å²) in [4.78, 5) is 11.2. The Balaban J connectivity index is 3.30. The standard InChI is InChI=1S/C10H21NO2/c1-4-5-6-7-10(12)11-8-9(2)13-3/h9H,4-8H2,1-3H3,(H,11,12). The molecule has 78 valence electrons. The van der Waals surface area contributed by atoms with E-state index in [1.807, 2.05) is 6.92 Å². The Bertz CT molecular complexity index is 137. The minimum Gasteiger partial charge on any atom is -0.380 e. The number of nitrogens with one attached hydrogen (secondary N) is 1. The normalized spacial score (nSPS) is 12.5. The van der Waals surface area contributed by atoms with Crippen LogP contribution in [0.15, 0.2) is 0 Å². The Labute approximate surface area is 80.8 Å². The lowest BCUT2D eigenvalue weighted by Gasteiger charge is -2.10. The molecule has 0 aliphatic heterocycles. The maximum Gasteiger partial charge on any atom is 0.220 e. The summed E-state index contributed by atoms with van der Waals surface area (Å²) in [5.74, 6) is 0.136. The molecule has 1 N–H and O–H groups in total. The molecule has 0 rings (SSSR count). The number of unbranched alkanes of at least 4 members (excludes halogenated alkanes) is 2. The Morgan fingerprint density at radius 2 is 2.15 bits per heavy atom. The molecule has 1 unspecified atom stereocenters. The molecular weight excluding hydrogens is 166 g/mol. The third kappa shape index (κ3) is 7.78. The van der Waals surface area contributed by atoms with Gasteiger partial charge in [0.25, 0.3) is 0 Å². The minimum absolute atomic E-state index is 0.107. The van der Waals surface area contributed by atoms with Gasteiger partial charge in [0, 0.05) is 20.1 Å². The first kappa shape index (κ1) is 12.4. The molecule has 0 aromatic heterocycles. The van der Waals surface area contributed by atoms with E-state index < -0.39 is 0 Å². The summed E-state index contributed by atoms with van der Waals surface area (Å²) in [5.41, 5.74) is 0. The highest BCUT2D eigenvalue weighted by atomic mass is 16.5. The molecule has 0 heterocycles. The molecule has 0 bridgehead atoms. The highest BCUT2D eigenvalue weighted by Gasteiger charge is 2.03. The maximum absolute atomic E-state index is 11.2. The summed E-state index contributed by atoms with van der Waals surface area (Å²) in [5, 5.41) is 2.83. The van der Waals surface area contributed by atoms with Gasteiger partial charge in [-0.25, -0.2) is 0 Å². The Kier molecular flexibility index (Phi) is 7.69. The van der Waals surface area contributed by atoms with Crippen LogP contribution in [0.5, 0.6) is 0 Å². The van der Waals surface area contributed by atoms with Gasteiger partial charge < -0.3 is 10.1 Å². The predicted molar refractivity (Wildman–Crippen MR) is 53.6 cm³/mol. The molecular formula is C10H21NO2. The zero-order valence-electron chi connectivity index (χ0n) is 8.93. The van der Waals surface area contributed by atoms with Crippen LogP contribution in [0.4, 0.5) is 0 Å². The lowest BCUT2D eigenvalue weighted by molar-refractivity contribution is -0.121. The van der Waals surface area contributed by atoms with E-state index in [1.165, 1.54) is 0 Å². The monoisotopic (exact) mass is 187 g/mol.